The number of thiophene rings is 1. The van der Waals surface area contributed by atoms with Gasteiger partial charge in [-0.2, -0.15) is 0 Å². The van der Waals surface area contributed by atoms with Gasteiger partial charge in [0.2, 0.25) is 0 Å². The summed E-state index contributed by atoms with van der Waals surface area (Å²) in [5, 5.41) is 2.50. The van der Waals surface area contributed by atoms with Crippen molar-refractivity contribution < 1.29 is 9.47 Å². The van der Waals surface area contributed by atoms with Gasteiger partial charge < -0.3 is 19.2 Å². The van der Waals surface area contributed by atoms with Crippen LogP contribution in [0.4, 0.5) is 28.4 Å². The fraction of sp³-hybridized carbons (Fsp3) is 0. The Kier molecular flexibility index (Phi) is 8.21. The zero-order valence-electron chi connectivity index (χ0n) is 35.6. The van der Waals surface area contributed by atoms with Gasteiger partial charge in [-0.15, -0.1) is 11.3 Å². The molecule has 6 heteroatoms. The molecule has 11 aromatic rings. The summed E-state index contributed by atoms with van der Waals surface area (Å²) >= 11 is 1.88. The predicted octanol–water partition coefficient (Wildman–Crippen LogP) is 15.7. The van der Waals surface area contributed by atoms with Crippen LogP contribution in [0.1, 0.15) is 0 Å². The molecule has 0 radical (unpaired) electrons. The molecule has 0 atom stereocenters. The molecule has 0 spiro atoms. The van der Waals surface area contributed by atoms with Crippen LogP contribution in [0.2, 0.25) is 0 Å². The minimum absolute atomic E-state index is 0.215. The number of benzene rings is 10. The van der Waals surface area contributed by atoms with Gasteiger partial charge in [0.05, 0.1) is 0 Å². The Morgan fingerprint density at radius 3 is 1.56 bits per heavy atom. The van der Waals surface area contributed by atoms with Gasteiger partial charge in [0.25, 0.3) is 0 Å². The molecule has 3 aliphatic heterocycles. The highest BCUT2D eigenvalue weighted by Gasteiger charge is 2.47. The molecule has 4 nitrogen and oxygen atoms in total. The average Bonchev–Trinajstić information content (AvgIpc) is 3.76. The van der Waals surface area contributed by atoms with E-state index in [2.05, 4.69) is 210 Å². The topological polar surface area (TPSA) is 24.9 Å². The quantitative estimate of drug-likeness (QED) is 0.161. The lowest BCUT2D eigenvalue weighted by molar-refractivity contribution is 0.360. The SMILES string of the molecule is c1ccc(-c2ccc(N3B4c5cc(-c6ccccc6)ccc5N(c5ccc(-c6ccccc6)cc5)c5cc6c(sc7ccccc76)c(c54)-c4cc5c(cc43)Oc3ccccc3O5)cc2)cc1. The fourth-order valence-corrected chi connectivity index (χ4v) is 11.7. The van der Waals surface area contributed by atoms with E-state index in [1.54, 1.807) is 0 Å². The Hall–Kier alpha value is -8.32. The van der Waals surface area contributed by atoms with Crippen molar-refractivity contribution >= 4 is 77.7 Å². The van der Waals surface area contributed by atoms with Crippen LogP contribution in [0.25, 0.3) is 64.7 Å². The highest BCUT2D eigenvalue weighted by molar-refractivity contribution is 7.26. The van der Waals surface area contributed by atoms with Gasteiger partial charge in [-0.25, -0.2) is 0 Å². The van der Waals surface area contributed by atoms with Crippen LogP contribution in [-0.2, 0) is 0 Å². The number of anilines is 5. The fourth-order valence-electron chi connectivity index (χ4n) is 10.5. The molecule has 0 saturated heterocycles. The van der Waals surface area contributed by atoms with Crippen molar-refractivity contribution in [3.05, 3.63) is 224 Å². The largest absolute Gasteiger partial charge is 0.449 e. The number of nitrogens with zero attached hydrogens (tertiary/aromatic N) is 2. The number of ether oxygens (including phenoxy) is 2. The molecule has 0 saturated carbocycles. The Morgan fingerprint density at radius 1 is 0.379 bits per heavy atom. The Balaban J connectivity index is 1.09. The third-order valence-electron chi connectivity index (χ3n) is 13.5. The van der Waals surface area contributed by atoms with Gasteiger partial charge in [-0.05, 0) is 105 Å². The number of rotatable bonds is 5. The van der Waals surface area contributed by atoms with Crippen LogP contribution in [0, 0.1) is 0 Å². The van der Waals surface area contributed by atoms with E-state index in [9.17, 15) is 0 Å². The zero-order valence-corrected chi connectivity index (χ0v) is 36.4. The average molecular weight is 861 g/mol. The molecule has 0 amide bonds. The Morgan fingerprint density at radius 2 is 0.909 bits per heavy atom. The van der Waals surface area contributed by atoms with Crippen molar-refractivity contribution in [2.75, 3.05) is 9.71 Å². The Bertz CT molecular complexity index is 3710. The smallest absolute Gasteiger partial charge is 0.333 e. The van der Waals surface area contributed by atoms with Crippen LogP contribution >= 0.6 is 11.3 Å². The van der Waals surface area contributed by atoms with Gasteiger partial charge >= 0.3 is 6.85 Å². The summed E-state index contributed by atoms with van der Waals surface area (Å²) in [4.78, 5) is 5.07. The lowest BCUT2D eigenvalue weighted by Crippen LogP contribution is -2.61. The molecule has 14 rings (SSSR count). The highest BCUT2D eigenvalue weighted by Crippen LogP contribution is 2.56. The summed E-state index contributed by atoms with van der Waals surface area (Å²) in [5.41, 5.74) is 17.5. The van der Waals surface area contributed by atoms with Gasteiger partial charge in [0.15, 0.2) is 23.0 Å². The molecule has 0 aliphatic carbocycles. The number of para-hydroxylation sites is 2. The lowest BCUT2D eigenvalue weighted by atomic mass is 9.43. The monoisotopic (exact) mass is 860 g/mol. The molecule has 0 N–H and O–H groups in total. The second-order valence-electron chi connectivity index (χ2n) is 17.2. The molecule has 0 fully saturated rings. The van der Waals surface area contributed by atoms with Crippen molar-refractivity contribution in [3.8, 4) is 67.5 Å². The van der Waals surface area contributed by atoms with E-state index < -0.39 is 0 Å². The van der Waals surface area contributed by atoms with E-state index in [1.165, 1.54) is 70.0 Å². The van der Waals surface area contributed by atoms with Crippen LogP contribution in [0.5, 0.6) is 23.0 Å². The molecular formula is C60H37BN2O2S. The number of hydrogen-bond donors (Lipinski definition) is 0. The van der Waals surface area contributed by atoms with E-state index in [0.717, 1.165) is 34.0 Å². The maximum absolute atomic E-state index is 6.74. The number of hydrogen-bond acceptors (Lipinski definition) is 5. The molecule has 66 heavy (non-hydrogen) atoms. The van der Waals surface area contributed by atoms with Crippen molar-refractivity contribution in [1.82, 2.24) is 0 Å². The molecule has 4 heterocycles. The maximum Gasteiger partial charge on any atom is 0.333 e. The van der Waals surface area contributed by atoms with E-state index in [4.69, 9.17) is 9.47 Å². The molecule has 0 bridgehead atoms. The molecule has 308 valence electrons. The molecule has 3 aliphatic rings. The maximum atomic E-state index is 6.74. The van der Waals surface area contributed by atoms with Crippen LogP contribution in [0.15, 0.2) is 224 Å². The summed E-state index contributed by atoms with van der Waals surface area (Å²) in [6.45, 7) is -0.215. The molecule has 1 aromatic heterocycles. The zero-order chi connectivity index (χ0) is 43.3. The first kappa shape index (κ1) is 37.1. The second kappa shape index (κ2) is 14.6. The van der Waals surface area contributed by atoms with Crippen molar-refractivity contribution in [3.63, 3.8) is 0 Å². The first-order valence-electron chi connectivity index (χ1n) is 22.4. The standard InChI is InChI=1S/C60H37BN2O2S/c1-4-14-38(15-5-1)41-24-29-44(30-25-41)62-50-33-28-43(40-18-8-3-9-19-40)34-49(50)61-59-52(62)35-47-46-20-10-13-23-57(46)66-60(47)58(59)48-36-55-56(65-54-22-12-11-21-53(54)64-55)37-51(48)63(61)45-31-26-42(27-32-45)39-16-6-2-7-17-39/h1-37H. The minimum atomic E-state index is -0.215. The predicted molar refractivity (Wildman–Crippen MR) is 276 cm³/mol. The summed E-state index contributed by atoms with van der Waals surface area (Å²) in [5.74, 6) is 2.81. The normalized spacial score (nSPS) is 13.0. The van der Waals surface area contributed by atoms with Gasteiger partial charge in [0.1, 0.15) is 0 Å². The first-order chi connectivity index (χ1) is 32.7. The molecule has 0 unspecified atom stereocenters. The van der Waals surface area contributed by atoms with E-state index >= 15 is 0 Å². The second-order valence-corrected chi connectivity index (χ2v) is 18.3. The van der Waals surface area contributed by atoms with E-state index in [0.29, 0.717) is 23.0 Å². The van der Waals surface area contributed by atoms with Crippen molar-refractivity contribution in [2.24, 2.45) is 0 Å². The minimum Gasteiger partial charge on any atom is -0.449 e. The van der Waals surface area contributed by atoms with Gasteiger partial charge in [-0.1, -0.05) is 158 Å². The van der Waals surface area contributed by atoms with Crippen LogP contribution < -0.4 is 30.1 Å². The van der Waals surface area contributed by atoms with Crippen LogP contribution in [-0.4, -0.2) is 6.85 Å². The lowest BCUT2D eigenvalue weighted by Gasteiger charge is -2.46. The molecule has 10 aromatic carbocycles. The summed E-state index contributed by atoms with van der Waals surface area (Å²) in [7, 11) is 0. The summed E-state index contributed by atoms with van der Waals surface area (Å²) in [6.07, 6.45) is 0. The van der Waals surface area contributed by atoms with E-state index in [-0.39, 0.29) is 6.85 Å². The van der Waals surface area contributed by atoms with Crippen LogP contribution in [0.3, 0.4) is 0 Å². The summed E-state index contributed by atoms with van der Waals surface area (Å²) < 4.78 is 16.0. The highest BCUT2D eigenvalue weighted by atomic mass is 32.1. The first-order valence-corrected chi connectivity index (χ1v) is 23.2. The van der Waals surface area contributed by atoms with Gasteiger partial charge in [-0.3, -0.25) is 0 Å². The molecular weight excluding hydrogens is 824 g/mol. The Labute approximate surface area is 386 Å². The third kappa shape index (κ3) is 5.72. The van der Waals surface area contributed by atoms with Gasteiger partial charge in [0, 0.05) is 65.8 Å². The number of fused-ring (bicyclic) bond motifs is 10. The van der Waals surface area contributed by atoms with Crippen molar-refractivity contribution in [1.29, 1.82) is 0 Å². The third-order valence-corrected chi connectivity index (χ3v) is 14.7. The van der Waals surface area contributed by atoms with Crippen molar-refractivity contribution in [2.45, 2.75) is 0 Å². The van der Waals surface area contributed by atoms with E-state index in [1.807, 2.05) is 35.6 Å². The summed E-state index contributed by atoms with van der Waals surface area (Å²) in [6, 6.07) is 81.0.